The third-order valence-corrected chi connectivity index (χ3v) is 3.18. The molecule has 2 aromatic carbocycles. The zero-order valence-corrected chi connectivity index (χ0v) is 10.5. The van der Waals surface area contributed by atoms with E-state index in [9.17, 15) is 0 Å². The molecule has 0 fully saturated rings. The second-order valence-electron chi connectivity index (χ2n) is 4.48. The quantitative estimate of drug-likeness (QED) is 0.711. The Labute approximate surface area is 106 Å². The van der Waals surface area contributed by atoms with Crippen LogP contribution in [0.3, 0.4) is 0 Å². The van der Waals surface area contributed by atoms with Gasteiger partial charge < -0.3 is 9.72 Å². The molecule has 0 atom stereocenters. The molecule has 1 N–H and O–H groups in total. The maximum Gasteiger partial charge on any atom is 0.118 e. The summed E-state index contributed by atoms with van der Waals surface area (Å²) < 4.78 is 5.17. The van der Waals surface area contributed by atoms with E-state index >= 15 is 0 Å². The Kier molecular flexibility index (Phi) is 2.56. The second-order valence-corrected chi connectivity index (χ2v) is 4.48. The van der Waals surface area contributed by atoms with Crippen molar-refractivity contribution in [1.82, 2.24) is 4.98 Å². The monoisotopic (exact) mass is 237 g/mol. The Bertz CT molecular complexity index is 680. The predicted octanol–water partition coefficient (Wildman–Crippen LogP) is 4.15. The summed E-state index contributed by atoms with van der Waals surface area (Å²) in [7, 11) is 1.68. The summed E-state index contributed by atoms with van der Waals surface area (Å²) in [6, 6.07) is 16.8. The number of aromatic amines is 1. The average Bonchev–Trinajstić information content (AvgIpc) is 2.78. The largest absolute Gasteiger partial charge is 0.497 e. The van der Waals surface area contributed by atoms with Crippen LogP contribution in [0.15, 0.2) is 48.5 Å². The van der Waals surface area contributed by atoms with Crippen LogP contribution in [0.2, 0.25) is 0 Å². The molecule has 1 heterocycles. The number of rotatable bonds is 2. The molecule has 2 nitrogen and oxygen atoms in total. The van der Waals surface area contributed by atoms with Crippen LogP contribution in [0, 0.1) is 6.92 Å². The summed E-state index contributed by atoms with van der Waals surface area (Å²) in [5, 5.41) is 1.25. The van der Waals surface area contributed by atoms with Crippen molar-refractivity contribution in [2.45, 2.75) is 6.92 Å². The third kappa shape index (κ3) is 1.86. The molecule has 90 valence electrons. The first-order valence-electron chi connectivity index (χ1n) is 6.00. The van der Waals surface area contributed by atoms with Crippen molar-refractivity contribution in [3.63, 3.8) is 0 Å². The first-order chi connectivity index (χ1) is 8.76. The summed E-state index contributed by atoms with van der Waals surface area (Å²) in [5.41, 5.74) is 4.79. The van der Waals surface area contributed by atoms with Crippen LogP contribution in [-0.2, 0) is 0 Å². The van der Waals surface area contributed by atoms with E-state index in [1.54, 1.807) is 7.11 Å². The number of aromatic nitrogens is 1. The standard InChI is InChI=1S/C16H15NO/c1-11-9-14-4-3-13(10-16(14)17-11)12-5-7-15(18-2)8-6-12/h3-10,17H,1-2H3. The van der Waals surface area contributed by atoms with Gasteiger partial charge in [0.2, 0.25) is 0 Å². The first-order valence-corrected chi connectivity index (χ1v) is 6.00. The number of hydrogen-bond acceptors (Lipinski definition) is 1. The van der Waals surface area contributed by atoms with Gasteiger partial charge in [0.1, 0.15) is 5.75 Å². The number of methoxy groups -OCH3 is 1. The summed E-state index contributed by atoms with van der Waals surface area (Å²) in [4.78, 5) is 3.37. The molecule has 0 saturated heterocycles. The minimum Gasteiger partial charge on any atom is -0.497 e. The number of aryl methyl sites for hydroxylation is 1. The van der Waals surface area contributed by atoms with Crippen molar-refractivity contribution in [2.24, 2.45) is 0 Å². The summed E-state index contributed by atoms with van der Waals surface area (Å²) in [5.74, 6) is 0.885. The molecule has 0 amide bonds. The lowest BCUT2D eigenvalue weighted by Crippen LogP contribution is -1.82. The molecular weight excluding hydrogens is 222 g/mol. The molecule has 0 bridgehead atoms. The smallest absolute Gasteiger partial charge is 0.118 e. The Balaban J connectivity index is 2.06. The van der Waals surface area contributed by atoms with Crippen molar-refractivity contribution in [3.8, 4) is 16.9 Å². The van der Waals surface area contributed by atoms with Gasteiger partial charge in [0.25, 0.3) is 0 Å². The van der Waals surface area contributed by atoms with E-state index in [0.717, 1.165) is 5.75 Å². The molecule has 3 aromatic rings. The fourth-order valence-corrected chi connectivity index (χ4v) is 2.24. The van der Waals surface area contributed by atoms with Gasteiger partial charge in [-0.1, -0.05) is 24.3 Å². The van der Waals surface area contributed by atoms with Gasteiger partial charge in [-0.3, -0.25) is 0 Å². The maximum absolute atomic E-state index is 5.17. The van der Waals surface area contributed by atoms with E-state index in [-0.39, 0.29) is 0 Å². The molecule has 0 saturated carbocycles. The number of nitrogens with one attached hydrogen (secondary N) is 1. The molecule has 18 heavy (non-hydrogen) atoms. The summed E-state index contributed by atoms with van der Waals surface area (Å²) in [6.07, 6.45) is 0. The Hall–Kier alpha value is -2.22. The molecule has 0 aliphatic heterocycles. The molecule has 3 rings (SSSR count). The van der Waals surface area contributed by atoms with Crippen molar-refractivity contribution in [3.05, 3.63) is 54.2 Å². The Morgan fingerprint density at radius 1 is 0.889 bits per heavy atom. The van der Waals surface area contributed by atoms with E-state index in [2.05, 4.69) is 48.3 Å². The van der Waals surface area contributed by atoms with Gasteiger partial charge in [-0.25, -0.2) is 0 Å². The lowest BCUT2D eigenvalue weighted by molar-refractivity contribution is 0.415. The molecule has 0 aliphatic carbocycles. The molecular formula is C16H15NO. The number of ether oxygens (including phenoxy) is 1. The SMILES string of the molecule is COc1ccc(-c2ccc3cc(C)[nH]c3c2)cc1. The summed E-state index contributed by atoms with van der Waals surface area (Å²) >= 11 is 0. The minimum atomic E-state index is 0.885. The number of benzene rings is 2. The van der Waals surface area contributed by atoms with E-state index in [1.807, 2.05) is 12.1 Å². The highest BCUT2D eigenvalue weighted by Gasteiger charge is 2.02. The molecule has 2 heteroatoms. The van der Waals surface area contributed by atoms with Crippen molar-refractivity contribution >= 4 is 10.9 Å². The van der Waals surface area contributed by atoms with E-state index in [4.69, 9.17) is 4.74 Å². The van der Waals surface area contributed by atoms with Gasteiger partial charge in [-0.15, -0.1) is 0 Å². The van der Waals surface area contributed by atoms with E-state index in [0.29, 0.717) is 0 Å². The molecule has 1 aromatic heterocycles. The van der Waals surface area contributed by atoms with Crippen molar-refractivity contribution in [1.29, 1.82) is 0 Å². The van der Waals surface area contributed by atoms with Gasteiger partial charge in [0.05, 0.1) is 7.11 Å². The van der Waals surface area contributed by atoms with Crippen LogP contribution < -0.4 is 4.74 Å². The number of H-pyrrole nitrogens is 1. The van der Waals surface area contributed by atoms with Gasteiger partial charge in [-0.05, 0) is 47.7 Å². The highest BCUT2D eigenvalue weighted by atomic mass is 16.5. The highest BCUT2D eigenvalue weighted by molar-refractivity contribution is 5.85. The van der Waals surface area contributed by atoms with E-state index < -0.39 is 0 Å². The van der Waals surface area contributed by atoms with E-state index in [1.165, 1.54) is 27.7 Å². The molecule has 0 unspecified atom stereocenters. The maximum atomic E-state index is 5.17. The van der Waals surface area contributed by atoms with Crippen molar-refractivity contribution < 1.29 is 4.74 Å². The van der Waals surface area contributed by atoms with Gasteiger partial charge in [-0.2, -0.15) is 0 Å². The van der Waals surface area contributed by atoms with Gasteiger partial charge in [0.15, 0.2) is 0 Å². The first kappa shape index (κ1) is 10.9. The van der Waals surface area contributed by atoms with Gasteiger partial charge in [0, 0.05) is 11.2 Å². The minimum absolute atomic E-state index is 0.885. The van der Waals surface area contributed by atoms with Crippen LogP contribution in [0.5, 0.6) is 5.75 Å². The Morgan fingerprint density at radius 2 is 1.61 bits per heavy atom. The number of hydrogen-bond donors (Lipinski definition) is 1. The average molecular weight is 237 g/mol. The zero-order valence-electron chi connectivity index (χ0n) is 10.5. The number of fused-ring (bicyclic) bond motifs is 1. The zero-order chi connectivity index (χ0) is 12.5. The topological polar surface area (TPSA) is 25.0 Å². The molecule has 0 spiro atoms. The third-order valence-electron chi connectivity index (χ3n) is 3.18. The lowest BCUT2D eigenvalue weighted by Gasteiger charge is -2.04. The fourth-order valence-electron chi connectivity index (χ4n) is 2.24. The van der Waals surface area contributed by atoms with Gasteiger partial charge >= 0.3 is 0 Å². The normalized spacial score (nSPS) is 10.8. The highest BCUT2D eigenvalue weighted by Crippen LogP contribution is 2.26. The fraction of sp³-hybridized carbons (Fsp3) is 0.125. The van der Waals surface area contributed by atoms with Crippen LogP contribution >= 0.6 is 0 Å². The van der Waals surface area contributed by atoms with Crippen molar-refractivity contribution in [2.75, 3.05) is 7.11 Å². The molecule has 0 radical (unpaired) electrons. The van der Waals surface area contributed by atoms with Crippen LogP contribution in [0.4, 0.5) is 0 Å². The lowest BCUT2D eigenvalue weighted by atomic mass is 10.0. The Morgan fingerprint density at radius 3 is 2.33 bits per heavy atom. The van der Waals surface area contributed by atoms with Crippen LogP contribution in [0.25, 0.3) is 22.0 Å². The van der Waals surface area contributed by atoms with Crippen LogP contribution in [0.1, 0.15) is 5.69 Å². The van der Waals surface area contributed by atoms with Crippen LogP contribution in [-0.4, -0.2) is 12.1 Å². The predicted molar refractivity (Wildman–Crippen MR) is 75.0 cm³/mol. The second kappa shape index (κ2) is 4.22. The molecule has 0 aliphatic rings. The summed E-state index contributed by atoms with van der Waals surface area (Å²) in [6.45, 7) is 2.08.